The van der Waals surface area contributed by atoms with Crippen LogP contribution in [0.3, 0.4) is 0 Å². The molecule has 0 aliphatic rings. The molecule has 0 saturated carbocycles. The second-order valence-electron chi connectivity index (χ2n) is 4.22. The van der Waals surface area contributed by atoms with E-state index in [1.807, 2.05) is 14.0 Å². The Kier molecular flexibility index (Phi) is 3.69. The summed E-state index contributed by atoms with van der Waals surface area (Å²) in [7, 11) is 1.83. The van der Waals surface area contributed by atoms with Crippen LogP contribution in [-0.4, -0.2) is 14.8 Å². The molecule has 2 aromatic rings. The molecule has 0 aliphatic carbocycles. The lowest BCUT2D eigenvalue weighted by molar-refractivity contribution is 0.519. The van der Waals surface area contributed by atoms with Gasteiger partial charge in [0, 0.05) is 13.5 Å². The molecule has 0 spiro atoms. The van der Waals surface area contributed by atoms with Crippen molar-refractivity contribution in [3.8, 4) is 0 Å². The van der Waals surface area contributed by atoms with Crippen LogP contribution in [0.4, 0.5) is 4.39 Å². The van der Waals surface area contributed by atoms with E-state index in [1.54, 1.807) is 10.7 Å². The quantitative estimate of drug-likeness (QED) is 0.627. The molecule has 1 aromatic carbocycles. The fourth-order valence-corrected chi connectivity index (χ4v) is 1.98. The summed E-state index contributed by atoms with van der Waals surface area (Å²) >= 11 is 0. The van der Waals surface area contributed by atoms with Crippen LogP contribution in [0.5, 0.6) is 0 Å². The van der Waals surface area contributed by atoms with Crippen molar-refractivity contribution >= 4 is 0 Å². The molecule has 1 unspecified atom stereocenters. The second kappa shape index (κ2) is 5.24. The first kappa shape index (κ1) is 12.7. The van der Waals surface area contributed by atoms with Gasteiger partial charge in [-0.2, -0.15) is 5.10 Å². The Balaban J connectivity index is 2.26. The van der Waals surface area contributed by atoms with Crippen LogP contribution in [-0.2, 0) is 13.5 Å². The summed E-state index contributed by atoms with van der Waals surface area (Å²) in [6, 6.07) is 4.55. The smallest absolute Gasteiger partial charge is 0.138 e. The van der Waals surface area contributed by atoms with Crippen LogP contribution in [0.25, 0.3) is 0 Å². The van der Waals surface area contributed by atoms with E-state index in [4.69, 9.17) is 5.84 Å². The van der Waals surface area contributed by atoms with Crippen molar-refractivity contribution in [2.45, 2.75) is 19.4 Å². The van der Waals surface area contributed by atoms with Gasteiger partial charge in [-0.1, -0.05) is 6.07 Å². The molecule has 0 amide bonds. The predicted octanol–water partition coefficient (Wildman–Crippen LogP) is 1.01. The van der Waals surface area contributed by atoms with E-state index >= 15 is 0 Å². The van der Waals surface area contributed by atoms with E-state index in [-0.39, 0.29) is 11.9 Å². The zero-order valence-electron chi connectivity index (χ0n) is 10.4. The van der Waals surface area contributed by atoms with Gasteiger partial charge in [-0.05, 0) is 30.2 Å². The van der Waals surface area contributed by atoms with Crippen molar-refractivity contribution in [3.63, 3.8) is 0 Å². The van der Waals surface area contributed by atoms with Gasteiger partial charge in [0.2, 0.25) is 0 Å². The number of benzene rings is 1. The maximum atomic E-state index is 13.1. The minimum atomic E-state index is -0.245. The molecule has 0 saturated heterocycles. The van der Waals surface area contributed by atoms with E-state index in [0.717, 1.165) is 17.0 Å². The lowest BCUT2D eigenvalue weighted by Crippen LogP contribution is -2.31. The molecule has 6 heteroatoms. The molecule has 96 valence electrons. The Morgan fingerprint density at radius 1 is 1.50 bits per heavy atom. The number of hydrogen-bond acceptors (Lipinski definition) is 4. The number of halogens is 1. The second-order valence-corrected chi connectivity index (χ2v) is 4.22. The summed E-state index contributed by atoms with van der Waals surface area (Å²) in [6.07, 6.45) is 2.10. The number of nitrogens with one attached hydrogen (secondary N) is 1. The summed E-state index contributed by atoms with van der Waals surface area (Å²) in [6.45, 7) is 1.86. The summed E-state index contributed by atoms with van der Waals surface area (Å²) in [5, 5.41) is 4.01. The molecule has 1 heterocycles. The molecule has 0 fully saturated rings. The molecule has 0 bridgehead atoms. The minimum absolute atomic E-state index is 0.117. The van der Waals surface area contributed by atoms with E-state index in [1.165, 1.54) is 18.5 Å². The average Bonchev–Trinajstić information content (AvgIpc) is 2.73. The Labute approximate surface area is 105 Å². The van der Waals surface area contributed by atoms with Crippen LogP contribution >= 0.6 is 0 Å². The van der Waals surface area contributed by atoms with Crippen molar-refractivity contribution in [2.75, 3.05) is 0 Å². The number of aryl methyl sites for hydroxylation is 2. The maximum Gasteiger partial charge on any atom is 0.138 e. The van der Waals surface area contributed by atoms with Gasteiger partial charge in [-0.3, -0.25) is 16.0 Å². The Hall–Kier alpha value is -1.79. The van der Waals surface area contributed by atoms with E-state index in [9.17, 15) is 4.39 Å². The molecule has 5 nitrogen and oxygen atoms in total. The Morgan fingerprint density at radius 2 is 2.28 bits per heavy atom. The fourth-order valence-electron chi connectivity index (χ4n) is 1.98. The molecule has 18 heavy (non-hydrogen) atoms. The van der Waals surface area contributed by atoms with Crippen molar-refractivity contribution in [2.24, 2.45) is 12.9 Å². The zero-order chi connectivity index (χ0) is 13.1. The van der Waals surface area contributed by atoms with Gasteiger partial charge < -0.3 is 0 Å². The monoisotopic (exact) mass is 249 g/mol. The topological polar surface area (TPSA) is 68.8 Å². The molecule has 1 atom stereocenters. The zero-order valence-corrected chi connectivity index (χ0v) is 10.4. The highest BCUT2D eigenvalue weighted by Gasteiger charge is 2.15. The van der Waals surface area contributed by atoms with Crippen LogP contribution < -0.4 is 11.3 Å². The summed E-state index contributed by atoms with van der Waals surface area (Å²) in [5.74, 6) is 6.15. The largest absolute Gasteiger partial charge is 0.271 e. The van der Waals surface area contributed by atoms with Crippen molar-refractivity contribution in [3.05, 3.63) is 47.3 Å². The molecule has 0 radical (unpaired) electrons. The third-order valence-electron chi connectivity index (χ3n) is 3.00. The van der Waals surface area contributed by atoms with Gasteiger partial charge in [-0.15, -0.1) is 0 Å². The number of nitrogens with two attached hydrogens (primary N) is 1. The van der Waals surface area contributed by atoms with Crippen LogP contribution in [0.1, 0.15) is 23.0 Å². The van der Waals surface area contributed by atoms with Gasteiger partial charge in [0.1, 0.15) is 18.0 Å². The number of hydrogen-bond donors (Lipinski definition) is 2. The van der Waals surface area contributed by atoms with E-state index in [2.05, 4.69) is 15.5 Å². The first-order chi connectivity index (χ1) is 8.61. The Morgan fingerprint density at radius 3 is 2.83 bits per heavy atom. The van der Waals surface area contributed by atoms with Crippen LogP contribution in [0, 0.1) is 12.7 Å². The summed E-state index contributed by atoms with van der Waals surface area (Å²) in [5.41, 5.74) is 4.56. The average molecular weight is 249 g/mol. The SMILES string of the molecule is Cc1cc(F)ccc1C(Cc1ncnn1C)NN. The first-order valence-corrected chi connectivity index (χ1v) is 5.67. The molecule has 0 aliphatic heterocycles. The number of hydrazine groups is 1. The van der Waals surface area contributed by atoms with Crippen LogP contribution in [0.2, 0.25) is 0 Å². The van der Waals surface area contributed by atoms with Gasteiger partial charge >= 0.3 is 0 Å². The highest BCUT2D eigenvalue weighted by molar-refractivity contribution is 5.30. The lowest BCUT2D eigenvalue weighted by atomic mass is 9.99. The number of aromatic nitrogens is 3. The Bertz CT molecular complexity index is 537. The van der Waals surface area contributed by atoms with Crippen molar-refractivity contribution in [1.82, 2.24) is 20.2 Å². The van der Waals surface area contributed by atoms with Gasteiger partial charge in [0.15, 0.2) is 0 Å². The molecular formula is C12H16FN5. The highest BCUT2D eigenvalue weighted by atomic mass is 19.1. The third kappa shape index (κ3) is 2.55. The van der Waals surface area contributed by atoms with E-state index < -0.39 is 0 Å². The molecular weight excluding hydrogens is 233 g/mol. The number of rotatable bonds is 4. The third-order valence-corrected chi connectivity index (χ3v) is 3.00. The molecule has 3 N–H and O–H groups in total. The van der Waals surface area contributed by atoms with Gasteiger partial charge in [0.25, 0.3) is 0 Å². The van der Waals surface area contributed by atoms with Crippen LogP contribution in [0.15, 0.2) is 24.5 Å². The molecule has 1 aromatic heterocycles. The maximum absolute atomic E-state index is 13.1. The number of nitrogens with zero attached hydrogens (tertiary/aromatic N) is 3. The van der Waals surface area contributed by atoms with Gasteiger partial charge in [-0.25, -0.2) is 9.37 Å². The molecule has 2 rings (SSSR count). The van der Waals surface area contributed by atoms with Crippen molar-refractivity contribution in [1.29, 1.82) is 0 Å². The fraction of sp³-hybridized carbons (Fsp3) is 0.333. The van der Waals surface area contributed by atoms with E-state index in [0.29, 0.717) is 6.42 Å². The summed E-state index contributed by atoms with van der Waals surface area (Å²) in [4.78, 5) is 4.16. The normalized spacial score (nSPS) is 12.7. The summed E-state index contributed by atoms with van der Waals surface area (Å²) < 4.78 is 14.8. The minimum Gasteiger partial charge on any atom is -0.271 e. The van der Waals surface area contributed by atoms with Gasteiger partial charge in [0.05, 0.1) is 6.04 Å². The first-order valence-electron chi connectivity index (χ1n) is 5.67. The predicted molar refractivity (Wildman–Crippen MR) is 65.9 cm³/mol. The standard InChI is InChI=1S/C12H16FN5/c1-8-5-9(13)3-4-10(8)11(17-14)6-12-15-7-16-18(12)2/h3-5,7,11,17H,6,14H2,1-2H3. The highest BCUT2D eigenvalue weighted by Crippen LogP contribution is 2.21. The van der Waals surface area contributed by atoms with Crippen molar-refractivity contribution < 1.29 is 4.39 Å². The lowest BCUT2D eigenvalue weighted by Gasteiger charge is -2.18.